The average molecular weight is 286 g/mol. The molecule has 20 heavy (non-hydrogen) atoms. The summed E-state index contributed by atoms with van der Waals surface area (Å²) in [5.74, 6) is -0.191. The molecule has 6 heteroatoms. The van der Waals surface area contributed by atoms with Crippen LogP contribution in [0.3, 0.4) is 0 Å². The van der Waals surface area contributed by atoms with E-state index in [9.17, 15) is 13.2 Å². The minimum Gasteiger partial charge on any atom is -0.406 e. The number of hydrogen-bond acceptors (Lipinski definition) is 2. The summed E-state index contributed by atoms with van der Waals surface area (Å²) >= 11 is 0. The van der Waals surface area contributed by atoms with Crippen molar-refractivity contribution in [2.45, 2.75) is 25.9 Å². The zero-order valence-corrected chi connectivity index (χ0v) is 11.6. The van der Waals surface area contributed by atoms with Gasteiger partial charge in [-0.1, -0.05) is 0 Å². The van der Waals surface area contributed by atoms with Crippen molar-refractivity contribution in [3.05, 3.63) is 30.5 Å². The van der Waals surface area contributed by atoms with Gasteiger partial charge in [0, 0.05) is 29.7 Å². The number of alkyl halides is 3. The Labute approximate surface area is 115 Å². The predicted molar refractivity (Wildman–Crippen MR) is 71.8 cm³/mol. The second kappa shape index (κ2) is 5.36. The topological polar surface area (TPSA) is 17.4 Å². The highest BCUT2D eigenvalue weighted by molar-refractivity contribution is 5.81. The van der Waals surface area contributed by atoms with Gasteiger partial charge in [0.2, 0.25) is 0 Å². The summed E-state index contributed by atoms with van der Waals surface area (Å²) in [6.45, 7) is 2.86. The maximum absolute atomic E-state index is 12.2. The van der Waals surface area contributed by atoms with Crippen molar-refractivity contribution in [3.63, 3.8) is 0 Å². The summed E-state index contributed by atoms with van der Waals surface area (Å²) in [5, 5.41) is 0.734. The zero-order chi connectivity index (χ0) is 14.9. The highest BCUT2D eigenvalue weighted by atomic mass is 19.4. The number of rotatable bonds is 4. The molecule has 0 radical (unpaired) electrons. The molecule has 1 aromatic heterocycles. The Hall–Kier alpha value is -1.69. The second-order valence-corrected chi connectivity index (χ2v) is 5.05. The lowest BCUT2D eigenvalue weighted by Gasteiger charge is -2.20. The lowest BCUT2D eigenvalue weighted by atomic mass is 10.2. The molecular weight excluding hydrogens is 269 g/mol. The summed E-state index contributed by atoms with van der Waals surface area (Å²) in [7, 11) is 3.98. The van der Waals surface area contributed by atoms with Gasteiger partial charge >= 0.3 is 6.36 Å². The van der Waals surface area contributed by atoms with Gasteiger partial charge in [-0.25, -0.2) is 0 Å². The highest BCUT2D eigenvalue weighted by Crippen LogP contribution is 2.27. The lowest BCUT2D eigenvalue weighted by molar-refractivity contribution is -0.274. The van der Waals surface area contributed by atoms with E-state index in [0.29, 0.717) is 6.04 Å². The zero-order valence-electron chi connectivity index (χ0n) is 11.6. The summed E-state index contributed by atoms with van der Waals surface area (Å²) in [6, 6.07) is 6.52. The quantitative estimate of drug-likeness (QED) is 0.856. The predicted octanol–water partition coefficient (Wildman–Crippen LogP) is 3.49. The van der Waals surface area contributed by atoms with Gasteiger partial charge in [0.1, 0.15) is 5.75 Å². The van der Waals surface area contributed by atoms with Crippen LogP contribution in [0.4, 0.5) is 13.2 Å². The van der Waals surface area contributed by atoms with Crippen LogP contribution in [0.5, 0.6) is 5.75 Å². The van der Waals surface area contributed by atoms with Crippen LogP contribution in [0.1, 0.15) is 6.92 Å². The van der Waals surface area contributed by atoms with E-state index >= 15 is 0 Å². The molecule has 0 aliphatic heterocycles. The van der Waals surface area contributed by atoms with E-state index in [2.05, 4.69) is 16.6 Å². The molecule has 2 rings (SSSR count). The normalized spacial score (nSPS) is 13.9. The minimum absolute atomic E-state index is 0.191. The number of aromatic nitrogens is 1. The van der Waals surface area contributed by atoms with E-state index < -0.39 is 6.36 Å². The van der Waals surface area contributed by atoms with E-state index in [0.717, 1.165) is 17.4 Å². The molecule has 0 saturated heterocycles. The van der Waals surface area contributed by atoms with Crippen molar-refractivity contribution < 1.29 is 17.9 Å². The third kappa shape index (κ3) is 3.45. The monoisotopic (exact) mass is 286 g/mol. The van der Waals surface area contributed by atoms with Crippen molar-refractivity contribution >= 4 is 10.9 Å². The van der Waals surface area contributed by atoms with Crippen LogP contribution in [0, 0.1) is 0 Å². The first-order valence-corrected chi connectivity index (χ1v) is 6.27. The first kappa shape index (κ1) is 14.7. The van der Waals surface area contributed by atoms with Crippen LogP contribution in [-0.2, 0) is 6.54 Å². The van der Waals surface area contributed by atoms with Crippen LogP contribution < -0.4 is 4.74 Å². The Kier molecular flexibility index (Phi) is 3.94. The smallest absolute Gasteiger partial charge is 0.406 e. The Morgan fingerprint density at radius 3 is 2.55 bits per heavy atom. The molecule has 0 aliphatic rings. The van der Waals surface area contributed by atoms with Crippen LogP contribution in [0.2, 0.25) is 0 Å². The number of halogens is 3. The van der Waals surface area contributed by atoms with E-state index in [-0.39, 0.29) is 5.75 Å². The molecule has 0 aliphatic carbocycles. The van der Waals surface area contributed by atoms with Gasteiger partial charge in [-0.15, -0.1) is 13.2 Å². The molecule has 0 saturated carbocycles. The fourth-order valence-electron chi connectivity index (χ4n) is 1.98. The Morgan fingerprint density at radius 2 is 1.95 bits per heavy atom. The van der Waals surface area contributed by atoms with Gasteiger partial charge in [-0.3, -0.25) is 0 Å². The highest BCUT2D eigenvalue weighted by Gasteiger charge is 2.31. The molecule has 1 heterocycles. The van der Waals surface area contributed by atoms with Gasteiger partial charge in [-0.05, 0) is 45.3 Å². The van der Waals surface area contributed by atoms with Gasteiger partial charge < -0.3 is 14.2 Å². The van der Waals surface area contributed by atoms with Crippen LogP contribution in [-0.4, -0.2) is 36.0 Å². The standard InChI is InChI=1S/C14H17F3N2O/c1-10(18(2)3)9-19-7-6-11-8-12(4-5-13(11)19)20-14(15,16)17/h4-8,10H,9H2,1-3H3/t10-/m1/s1. The fourth-order valence-corrected chi connectivity index (χ4v) is 1.98. The van der Waals surface area contributed by atoms with Crippen molar-refractivity contribution in [1.82, 2.24) is 9.47 Å². The number of likely N-dealkylation sites (N-methyl/N-ethyl adjacent to an activating group) is 1. The molecule has 1 atom stereocenters. The summed E-state index contributed by atoms with van der Waals surface area (Å²) in [6.07, 6.45) is -2.78. The summed E-state index contributed by atoms with van der Waals surface area (Å²) in [5.41, 5.74) is 0.897. The van der Waals surface area contributed by atoms with Crippen LogP contribution in [0.15, 0.2) is 30.5 Å². The van der Waals surface area contributed by atoms with E-state index in [1.165, 1.54) is 12.1 Å². The Morgan fingerprint density at radius 1 is 1.25 bits per heavy atom. The molecule has 1 aromatic carbocycles. The largest absolute Gasteiger partial charge is 0.573 e. The Balaban J connectivity index is 2.25. The summed E-state index contributed by atoms with van der Waals surface area (Å²) < 4.78 is 42.5. The number of ether oxygens (including phenoxy) is 1. The molecule has 0 unspecified atom stereocenters. The molecule has 3 nitrogen and oxygen atoms in total. The average Bonchev–Trinajstić information content (AvgIpc) is 2.69. The third-order valence-electron chi connectivity index (χ3n) is 3.32. The first-order chi connectivity index (χ1) is 9.26. The van der Waals surface area contributed by atoms with Gasteiger partial charge in [0.05, 0.1) is 0 Å². The minimum atomic E-state index is -4.66. The molecule has 0 fully saturated rings. The molecule has 0 bridgehead atoms. The number of nitrogens with zero attached hydrogens (tertiary/aromatic N) is 2. The van der Waals surface area contributed by atoms with E-state index in [1.807, 2.05) is 24.9 Å². The van der Waals surface area contributed by atoms with Gasteiger partial charge in [0.15, 0.2) is 0 Å². The van der Waals surface area contributed by atoms with Crippen LogP contribution >= 0.6 is 0 Å². The number of hydrogen-bond donors (Lipinski definition) is 0. The first-order valence-electron chi connectivity index (χ1n) is 6.27. The second-order valence-electron chi connectivity index (χ2n) is 5.05. The van der Waals surface area contributed by atoms with Crippen LogP contribution in [0.25, 0.3) is 10.9 Å². The van der Waals surface area contributed by atoms with Crippen molar-refractivity contribution in [3.8, 4) is 5.75 Å². The number of benzene rings is 1. The molecule has 0 N–H and O–H groups in total. The molecule has 0 amide bonds. The van der Waals surface area contributed by atoms with Crippen molar-refractivity contribution in [2.24, 2.45) is 0 Å². The van der Waals surface area contributed by atoms with Crippen molar-refractivity contribution in [1.29, 1.82) is 0 Å². The van der Waals surface area contributed by atoms with Gasteiger partial charge in [0.25, 0.3) is 0 Å². The van der Waals surface area contributed by atoms with Crippen molar-refractivity contribution in [2.75, 3.05) is 14.1 Å². The maximum atomic E-state index is 12.2. The van der Waals surface area contributed by atoms with Gasteiger partial charge in [-0.2, -0.15) is 0 Å². The van der Waals surface area contributed by atoms with E-state index in [1.54, 1.807) is 12.1 Å². The lowest BCUT2D eigenvalue weighted by Crippen LogP contribution is -2.28. The molecule has 0 spiro atoms. The molecule has 2 aromatic rings. The van der Waals surface area contributed by atoms with E-state index in [4.69, 9.17) is 0 Å². The summed E-state index contributed by atoms with van der Waals surface area (Å²) in [4.78, 5) is 2.09. The maximum Gasteiger partial charge on any atom is 0.573 e. The molecular formula is C14H17F3N2O. The SMILES string of the molecule is C[C@H](Cn1ccc2cc(OC(F)(F)F)ccc21)N(C)C. The Bertz CT molecular complexity index is 590. The fraction of sp³-hybridized carbons (Fsp3) is 0.429. The molecule has 110 valence electrons. The third-order valence-corrected chi connectivity index (χ3v) is 3.32. The number of fused-ring (bicyclic) bond motifs is 1.